The van der Waals surface area contributed by atoms with E-state index in [-0.39, 0.29) is 17.5 Å². The van der Waals surface area contributed by atoms with Gasteiger partial charge in [-0.3, -0.25) is 29.4 Å². The molecule has 1 atom stereocenters. The Morgan fingerprint density at radius 3 is 2.25 bits per heavy atom. The third kappa shape index (κ3) is 2.20. The lowest BCUT2D eigenvalue weighted by molar-refractivity contribution is -0.128. The van der Waals surface area contributed by atoms with Gasteiger partial charge in [0.1, 0.15) is 6.04 Å². The minimum atomic E-state index is -0.961. The molecule has 104 valence electrons. The number of benzene rings is 1. The molecule has 0 bridgehead atoms. The number of nitrogens with one attached hydrogen (secondary N) is 1. The third-order valence-corrected chi connectivity index (χ3v) is 3.20. The lowest BCUT2D eigenvalue weighted by Crippen LogP contribution is -2.49. The van der Waals surface area contributed by atoms with E-state index in [1.54, 1.807) is 24.3 Å². The number of hydrogen-bond acceptors (Lipinski definition) is 4. The fraction of sp³-hybridized carbons (Fsp3) is 0.286. The fourth-order valence-electron chi connectivity index (χ4n) is 2.30. The number of carbonyl (C=O) groups excluding carboxylic acids is 4. The molecular weight excluding hydrogens is 260 g/mol. The van der Waals surface area contributed by atoms with Crippen LogP contribution in [0.1, 0.15) is 40.5 Å². The quantitative estimate of drug-likeness (QED) is 0.633. The van der Waals surface area contributed by atoms with Gasteiger partial charge in [-0.25, -0.2) is 0 Å². The second-order valence-electron chi connectivity index (χ2n) is 4.46. The van der Waals surface area contributed by atoms with Gasteiger partial charge in [-0.15, -0.1) is 0 Å². The summed E-state index contributed by atoms with van der Waals surface area (Å²) >= 11 is 0. The highest BCUT2D eigenvalue weighted by molar-refractivity contribution is 6.23. The zero-order valence-corrected chi connectivity index (χ0v) is 11.0. The van der Waals surface area contributed by atoms with Crippen LogP contribution in [0.2, 0.25) is 0 Å². The topological polar surface area (TPSA) is 83.6 Å². The van der Waals surface area contributed by atoms with E-state index in [9.17, 15) is 19.2 Å². The molecule has 1 heterocycles. The Bertz CT molecular complexity index is 547. The highest BCUT2D eigenvalue weighted by Crippen LogP contribution is 2.25. The van der Waals surface area contributed by atoms with E-state index in [0.29, 0.717) is 12.8 Å². The molecule has 1 aliphatic heterocycles. The summed E-state index contributed by atoms with van der Waals surface area (Å²) in [5.41, 5.74) is 0.579. The minimum absolute atomic E-state index is 0.253. The van der Waals surface area contributed by atoms with Crippen LogP contribution in [0.25, 0.3) is 0 Å². The van der Waals surface area contributed by atoms with Crippen molar-refractivity contribution in [3.8, 4) is 0 Å². The van der Waals surface area contributed by atoms with E-state index in [4.69, 9.17) is 0 Å². The smallest absolute Gasteiger partial charge is 0.262 e. The zero-order valence-electron chi connectivity index (χ0n) is 11.0. The first-order valence-corrected chi connectivity index (χ1v) is 6.32. The average molecular weight is 274 g/mol. The summed E-state index contributed by atoms with van der Waals surface area (Å²) in [6.07, 6.45) is 1.17. The van der Waals surface area contributed by atoms with E-state index in [1.807, 2.05) is 12.2 Å². The van der Waals surface area contributed by atoms with E-state index in [0.717, 1.165) is 4.90 Å². The predicted octanol–water partition coefficient (Wildman–Crippen LogP) is 0.724. The number of nitrogens with zero attached hydrogens (tertiary/aromatic N) is 1. The van der Waals surface area contributed by atoms with Crippen molar-refractivity contribution in [2.45, 2.75) is 25.8 Å². The van der Waals surface area contributed by atoms with Crippen molar-refractivity contribution in [2.24, 2.45) is 0 Å². The van der Waals surface area contributed by atoms with Crippen molar-refractivity contribution in [3.05, 3.63) is 35.4 Å². The lowest BCUT2D eigenvalue weighted by atomic mass is 10.1. The molecule has 1 aliphatic rings. The van der Waals surface area contributed by atoms with Crippen LogP contribution < -0.4 is 5.32 Å². The van der Waals surface area contributed by atoms with Crippen LogP contribution in [0.4, 0.5) is 0 Å². The van der Waals surface area contributed by atoms with Gasteiger partial charge < -0.3 is 0 Å². The van der Waals surface area contributed by atoms with Gasteiger partial charge in [-0.2, -0.15) is 0 Å². The van der Waals surface area contributed by atoms with Crippen LogP contribution in [0.5, 0.6) is 0 Å². The van der Waals surface area contributed by atoms with Crippen molar-refractivity contribution < 1.29 is 19.2 Å². The molecule has 0 saturated heterocycles. The Morgan fingerprint density at radius 1 is 1.25 bits per heavy atom. The van der Waals surface area contributed by atoms with Gasteiger partial charge in [-0.05, 0) is 18.6 Å². The van der Waals surface area contributed by atoms with Crippen molar-refractivity contribution in [3.63, 3.8) is 0 Å². The molecule has 1 aromatic rings. The summed E-state index contributed by atoms with van der Waals surface area (Å²) in [5, 5.41) is 2.01. The molecule has 0 spiro atoms. The summed E-state index contributed by atoms with van der Waals surface area (Å²) < 4.78 is 0. The first-order chi connectivity index (χ1) is 9.61. The largest absolute Gasteiger partial charge is 0.297 e. The Balaban J connectivity index is 2.36. The minimum Gasteiger partial charge on any atom is -0.297 e. The molecule has 4 amide bonds. The summed E-state index contributed by atoms with van der Waals surface area (Å²) in [6, 6.07) is 5.46. The van der Waals surface area contributed by atoms with Crippen molar-refractivity contribution >= 4 is 24.1 Å². The molecule has 0 aromatic heterocycles. The summed E-state index contributed by atoms with van der Waals surface area (Å²) in [5.74, 6) is -1.63. The zero-order chi connectivity index (χ0) is 14.7. The molecule has 1 N–H and O–H groups in total. The number of carbonyl (C=O) groups is 4. The normalized spacial score (nSPS) is 14.9. The molecule has 0 aliphatic carbocycles. The predicted molar refractivity (Wildman–Crippen MR) is 69.8 cm³/mol. The molecule has 0 fully saturated rings. The number of rotatable bonds is 5. The van der Waals surface area contributed by atoms with Crippen molar-refractivity contribution in [1.29, 1.82) is 0 Å². The van der Waals surface area contributed by atoms with E-state index < -0.39 is 23.8 Å². The van der Waals surface area contributed by atoms with E-state index >= 15 is 0 Å². The molecule has 2 rings (SSSR count). The van der Waals surface area contributed by atoms with Gasteiger partial charge in [0.15, 0.2) is 0 Å². The third-order valence-electron chi connectivity index (χ3n) is 3.20. The Labute approximate surface area is 115 Å². The number of amides is 4. The van der Waals surface area contributed by atoms with Crippen molar-refractivity contribution in [1.82, 2.24) is 10.2 Å². The first kappa shape index (κ1) is 13.9. The Hall–Kier alpha value is -2.50. The monoisotopic (exact) mass is 274 g/mol. The van der Waals surface area contributed by atoms with Crippen LogP contribution in [0.3, 0.4) is 0 Å². The number of imide groups is 2. The maximum Gasteiger partial charge on any atom is 0.262 e. The Kier molecular flexibility index (Phi) is 3.93. The van der Waals surface area contributed by atoms with E-state index in [1.165, 1.54) is 0 Å². The van der Waals surface area contributed by atoms with Crippen LogP contribution in [0.15, 0.2) is 24.3 Å². The highest BCUT2D eigenvalue weighted by Gasteiger charge is 2.42. The Morgan fingerprint density at radius 2 is 1.80 bits per heavy atom. The fourth-order valence-corrected chi connectivity index (χ4v) is 2.30. The molecule has 20 heavy (non-hydrogen) atoms. The average Bonchev–Trinajstić information content (AvgIpc) is 2.70. The van der Waals surface area contributed by atoms with Gasteiger partial charge in [0.25, 0.3) is 11.8 Å². The first-order valence-electron chi connectivity index (χ1n) is 6.32. The molecular formula is C14H14N2O4. The second kappa shape index (κ2) is 5.64. The summed E-state index contributed by atoms with van der Waals surface area (Å²) in [7, 11) is 0. The van der Waals surface area contributed by atoms with E-state index in [2.05, 4.69) is 0 Å². The van der Waals surface area contributed by atoms with Crippen LogP contribution >= 0.6 is 0 Å². The standard InChI is InChI=1S/C14H14N2O4/c1-2-5-11(12(18)15-8-17)16-13(19)9-6-3-4-7-10(9)14(16)20/h3-4,6-8,11H,2,5H2,1H3,(H,15,17,18). The molecule has 1 aromatic carbocycles. The van der Waals surface area contributed by atoms with Gasteiger partial charge in [0.2, 0.25) is 12.3 Å². The SMILES string of the molecule is CCCC(C(=O)NC=O)N1C(=O)c2ccccc2C1=O. The maximum absolute atomic E-state index is 12.3. The number of hydrogen-bond donors (Lipinski definition) is 1. The van der Waals surface area contributed by atoms with Crippen LogP contribution in [-0.2, 0) is 9.59 Å². The number of fused-ring (bicyclic) bond motifs is 1. The van der Waals surface area contributed by atoms with Gasteiger partial charge in [-0.1, -0.05) is 25.5 Å². The highest BCUT2D eigenvalue weighted by atomic mass is 16.2. The summed E-state index contributed by atoms with van der Waals surface area (Å²) in [6.45, 7) is 1.83. The van der Waals surface area contributed by atoms with Gasteiger partial charge >= 0.3 is 0 Å². The molecule has 0 saturated carbocycles. The van der Waals surface area contributed by atoms with Crippen molar-refractivity contribution in [2.75, 3.05) is 0 Å². The lowest BCUT2D eigenvalue weighted by Gasteiger charge is -2.23. The summed E-state index contributed by atoms with van der Waals surface area (Å²) in [4.78, 5) is 47.7. The van der Waals surface area contributed by atoms with Gasteiger partial charge in [0.05, 0.1) is 11.1 Å². The molecule has 0 radical (unpaired) electrons. The second-order valence-corrected chi connectivity index (χ2v) is 4.46. The van der Waals surface area contributed by atoms with Crippen LogP contribution in [0, 0.1) is 0 Å². The maximum atomic E-state index is 12.3. The molecule has 6 nitrogen and oxygen atoms in total. The molecule has 6 heteroatoms. The molecule has 1 unspecified atom stereocenters. The van der Waals surface area contributed by atoms with Crippen LogP contribution in [-0.4, -0.2) is 35.1 Å². The van der Waals surface area contributed by atoms with Gasteiger partial charge in [0, 0.05) is 0 Å².